The van der Waals surface area contributed by atoms with E-state index in [1.54, 1.807) is 19.1 Å². The molecule has 100 valence electrons. The van der Waals surface area contributed by atoms with Crippen molar-refractivity contribution in [2.45, 2.75) is 27.2 Å². The highest BCUT2D eigenvalue weighted by molar-refractivity contribution is 5.91. The van der Waals surface area contributed by atoms with Gasteiger partial charge >= 0.3 is 5.97 Å². The van der Waals surface area contributed by atoms with E-state index in [-0.39, 0.29) is 12.0 Å². The van der Waals surface area contributed by atoms with Crippen LogP contribution in [-0.2, 0) is 0 Å². The number of aliphatic hydroxyl groups is 1. The van der Waals surface area contributed by atoms with Gasteiger partial charge in [-0.1, -0.05) is 19.9 Å². The molecule has 0 amide bonds. The van der Waals surface area contributed by atoms with Gasteiger partial charge in [-0.05, 0) is 31.0 Å². The Morgan fingerprint density at radius 1 is 1.44 bits per heavy atom. The maximum atomic E-state index is 11.0. The summed E-state index contributed by atoms with van der Waals surface area (Å²) >= 11 is 0. The van der Waals surface area contributed by atoms with E-state index in [9.17, 15) is 9.90 Å². The fourth-order valence-corrected chi connectivity index (χ4v) is 1.66. The molecular weight excluding hydrogens is 230 g/mol. The number of carbonyl (C=O) groups is 1. The Morgan fingerprint density at radius 3 is 2.61 bits per heavy atom. The molecule has 1 atom stereocenters. The summed E-state index contributed by atoms with van der Waals surface area (Å²) in [7, 11) is 0. The third-order valence-corrected chi connectivity index (χ3v) is 3.51. The lowest BCUT2D eigenvalue weighted by atomic mass is 9.88. The summed E-state index contributed by atoms with van der Waals surface area (Å²) in [5.41, 5.74) is 1.65. The second-order valence-electron chi connectivity index (χ2n) is 4.96. The summed E-state index contributed by atoms with van der Waals surface area (Å²) in [6.45, 7) is 6.53. The zero-order valence-electron chi connectivity index (χ0n) is 11.2. The first-order valence-electron chi connectivity index (χ1n) is 6.11. The molecule has 0 heterocycles. The van der Waals surface area contributed by atoms with E-state index < -0.39 is 5.97 Å². The van der Waals surface area contributed by atoms with Crippen molar-refractivity contribution in [1.29, 1.82) is 0 Å². The standard InChI is InChI=1S/C14H21NO3/c1-4-14(3,9-16)8-15-12-7-5-6-11(10(12)2)13(17)18/h5-7,15-16H,4,8-9H2,1-3H3,(H,17,18). The average Bonchev–Trinajstić information content (AvgIpc) is 2.37. The van der Waals surface area contributed by atoms with Crippen LogP contribution in [0, 0.1) is 12.3 Å². The van der Waals surface area contributed by atoms with E-state index in [4.69, 9.17) is 5.11 Å². The van der Waals surface area contributed by atoms with Crippen molar-refractivity contribution >= 4 is 11.7 Å². The number of nitrogens with one attached hydrogen (secondary N) is 1. The summed E-state index contributed by atoms with van der Waals surface area (Å²) < 4.78 is 0. The minimum atomic E-state index is -0.920. The summed E-state index contributed by atoms with van der Waals surface area (Å²) in [5.74, 6) is -0.920. The van der Waals surface area contributed by atoms with E-state index in [1.807, 2.05) is 19.9 Å². The van der Waals surface area contributed by atoms with Crippen molar-refractivity contribution in [2.75, 3.05) is 18.5 Å². The molecule has 0 spiro atoms. The van der Waals surface area contributed by atoms with Gasteiger partial charge in [0, 0.05) is 17.6 Å². The lowest BCUT2D eigenvalue weighted by molar-refractivity contribution is 0.0696. The number of benzene rings is 1. The molecule has 3 N–H and O–H groups in total. The Morgan fingerprint density at radius 2 is 2.11 bits per heavy atom. The molecule has 1 unspecified atom stereocenters. The van der Waals surface area contributed by atoms with Crippen LogP contribution in [-0.4, -0.2) is 29.3 Å². The molecule has 4 nitrogen and oxygen atoms in total. The van der Waals surface area contributed by atoms with Crippen molar-refractivity contribution in [2.24, 2.45) is 5.41 Å². The lowest BCUT2D eigenvalue weighted by Crippen LogP contribution is -2.29. The van der Waals surface area contributed by atoms with E-state index in [2.05, 4.69) is 5.32 Å². The second kappa shape index (κ2) is 5.87. The van der Waals surface area contributed by atoms with Gasteiger partial charge in [-0.3, -0.25) is 0 Å². The van der Waals surface area contributed by atoms with Crippen molar-refractivity contribution in [3.8, 4) is 0 Å². The molecule has 0 aromatic heterocycles. The van der Waals surface area contributed by atoms with Crippen LogP contribution in [0.2, 0.25) is 0 Å². The Hall–Kier alpha value is -1.55. The summed E-state index contributed by atoms with van der Waals surface area (Å²) in [6, 6.07) is 5.17. The normalized spacial score (nSPS) is 14.0. The number of carboxylic acids is 1. The maximum Gasteiger partial charge on any atom is 0.336 e. The molecule has 0 aliphatic rings. The van der Waals surface area contributed by atoms with Crippen LogP contribution in [0.5, 0.6) is 0 Å². The fourth-order valence-electron chi connectivity index (χ4n) is 1.66. The predicted octanol–water partition coefficient (Wildman–Crippen LogP) is 2.51. The van der Waals surface area contributed by atoms with Crippen LogP contribution in [0.15, 0.2) is 18.2 Å². The van der Waals surface area contributed by atoms with Crippen LogP contribution in [0.25, 0.3) is 0 Å². The minimum Gasteiger partial charge on any atom is -0.478 e. The van der Waals surface area contributed by atoms with E-state index >= 15 is 0 Å². The van der Waals surface area contributed by atoms with Crippen molar-refractivity contribution < 1.29 is 15.0 Å². The molecule has 0 saturated carbocycles. The summed E-state index contributed by atoms with van der Waals surface area (Å²) in [4.78, 5) is 11.0. The number of carboxylic acid groups (broad SMARTS) is 1. The van der Waals surface area contributed by atoms with Crippen molar-refractivity contribution in [3.05, 3.63) is 29.3 Å². The van der Waals surface area contributed by atoms with Crippen LogP contribution < -0.4 is 5.32 Å². The lowest BCUT2D eigenvalue weighted by Gasteiger charge is -2.27. The maximum absolute atomic E-state index is 11.0. The van der Waals surface area contributed by atoms with Crippen LogP contribution in [0.4, 0.5) is 5.69 Å². The largest absolute Gasteiger partial charge is 0.478 e. The summed E-state index contributed by atoms with van der Waals surface area (Å²) in [6.07, 6.45) is 0.855. The molecule has 1 aromatic rings. The average molecular weight is 251 g/mol. The number of hydrogen-bond acceptors (Lipinski definition) is 3. The number of anilines is 1. The van der Waals surface area contributed by atoms with Crippen molar-refractivity contribution in [1.82, 2.24) is 0 Å². The first kappa shape index (κ1) is 14.5. The third-order valence-electron chi connectivity index (χ3n) is 3.51. The molecule has 4 heteroatoms. The molecule has 0 aliphatic carbocycles. The van der Waals surface area contributed by atoms with E-state index in [1.165, 1.54) is 0 Å². The van der Waals surface area contributed by atoms with E-state index in [0.29, 0.717) is 12.1 Å². The Balaban J connectivity index is 2.86. The SMILES string of the molecule is CCC(C)(CO)CNc1cccc(C(=O)O)c1C. The van der Waals surface area contributed by atoms with Crippen LogP contribution >= 0.6 is 0 Å². The van der Waals surface area contributed by atoms with Gasteiger partial charge in [0.15, 0.2) is 0 Å². The zero-order chi connectivity index (χ0) is 13.8. The summed E-state index contributed by atoms with van der Waals surface area (Å²) in [5, 5.41) is 21.6. The van der Waals surface area contributed by atoms with Gasteiger partial charge in [0.25, 0.3) is 0 Å². The smallest absolute Gasteiger partial charge is 0.336 e. The Kier molecular flexibility index (Phi) is 4.73. The van der Waals surface area contributed by atoms with E-state index in [0.717, 1.165) is 17.7 Å². The van der Waals surface area contributed by atoms with Gasteiger partial charge in [0.1, 0.15) is 0 Å². The second-order valence-corrected chi connectivity index (χ2v) is 4.96. The molecule has 1 rings (SSSR count). The Bertz CT molecular complexity index is 425. The zero-order valence-corrected chi connectivity index (χ0v) is 11.2. The third kappa shape index (κ3) is 3.23. The molecule has 1 aromatic carbocycles. The van der Waals surface area contributed by atoms with Gasteiger partial charge in [0.2, 0.25) is 0 Å². The highest BCUT2D eigenvalue weighted by Gasteiger charge is 2.21. The molecule has 0 aliphatic heterocycles. The molecular formula is C14H21NO3. The van der Waals surface area contributed by atoms with Gasteiger partial charge in [-0.2, -0.15) is 0 Å². The first-order chi connectivity index (χ1) is 8.43. The highest BCUT2D eigenvalue weighted by Crippen LogP contribution is 2.24. The van der Waals surface area contributed by atoms with Crippen LogP contribution in [0.3, 0.4) is 0 Å². The topological polar surface area (TPSA) is 69.6 Å². The number of hydrogen-bond donors (Lipinski definition) is 3. The molecule has 0 bridgehead atoms. The number of rotatable bonds is 6. The predicted molar refractivity (Wildman–Crippen MR) is 72.1 cm³/mol. The van der Waals surface area contributed by atoms with Gasteiger partial charge in [0.05, 0.1) is 12.2 Å². The minimum absolute atomic E-state index is 0.105. The van der Waals surface area contributed by atoms with Gasteiger partial charge in [-0.25, -0.2) is 4.79 Å². The quantitative estimate of drug-likeness (QED) is 0.726. The molecule has 0 saturated heterocycles. The van der Waals surface area contributed by atoms with Crippen molar-refractivity contribution in [3.63, 3.8) is 0 Å². The van der Waals surface area contributed by atoms with Gasteiger partial charge in [-0.15, -0.1) is 0 Å². The highest BCUT2D eigenvalue weighted by atomic mass is 16.4. The first-order valence-corrected chi connectivity index (χ1v) is 6.11. The number of aliphatic hydroxyl groups excluding tert-OH is 1. The van der Waals surface area contributed by atoms with Gasteiger partial charge < -0.3 is 15.5 Å². The molecule has 18 heavy (non-hydrogen) atoms. The monoisotopic (exact) mass is 251 g/mol. The number of aromatic carboxylic acids is 1. The Labute approximate surface area is 108 Å². The molecule has 0 fully saturated rings. The molecule has 0 radical (unpaired) electrons. The van der Waals surface area contributed by atoms with Crippen LogP contribution in [0.1, 0.15) is 36.2 Å². The fraction of sp³-hybridized carbons (Fsp3) is 0.500.